The Kier molecular flexibility index (Phi) is 4.55. The van der Waals surface area contributed by atoms with Gasteiger partial charge in [0, 0.05) is 18.7 Å². The van der Waals surface area contributed by atoms with E-state index in [1.807, 2.05) is 0 Å². The Balaban J connectivity index is 2.43. The maximum Gasteiger partial charge on any atom is 0.246 e. The maximum absolute atomic E-state index is 13.8. The van der Waals surface area contributed by atoms with Crippen LogP contribution in [0.3, 0.4) is 0 Å². The van der Waals surface area contributed by atoms with Crippen molar-refractivity contribution in [2.45, 2.75) is 17.4 Å². The number of benzene rings is 1. The highest BCUT2D eigenvalue weighted by molar-refractivity contribution is 7.89. The number of halogens is 2. The lowest BCUT2D eigenvalue weighted by atomic mass is 10.2. The molecule has 9 heteroatoms. The highest BCUT2D eigenvalue weighted by atomic mass is 32.2. The van der Waals surface area contributed by atoms with Crippen LogP contribution >= 0.6 is 0 Å². The first-order chi connectivity index (χ1) is 9.82. The summed E-state index contributed by atoms with van der Waals surface area (Å²) in [6.07, 6.45) is 0.481. The van der Waals surface area contributed by atoms with Crippen LogP contribution in [0.5, 0.6) is 0 Å². The monoisotopic (exact) mass is 319 g/mol. The van der Waals surface area contributed by atoms with Crippen LogP contribution in [0.25, 0.3) is 0 Å². The smallest absolute Gasteiger partial charge is 0.246 e. The molecule has 0 spiro atoms. The zero-order valence-electron chi connectivity index (χ0n) is 11.1. The summed E-state index contributed by atoms with van der Waals surface area (Å²) in [5, 5.41) is 2.96. The summed E-state index contributed by atoms with van der Waals surface area (Å²) in [6.45, 7) is 0.377. The van der Waals surface area contributed by atoms with E-state index in [-0.39, 0.29) is 0 Å². The van der Waals surface area contributed by atoms with Crippen LogP contribution in [0.15, 0.2) is 23.1 Å². The molecule has 1 heterocycles. The summed E-state index contributed by atoms with van der Waals surface area (Å²) in [7, 11) is -4.28. The van der Waals surface area contributed by atoms with Crippen LogP contribution in [0.1, 0.15) is 6.42 Å². The van der Waals surface area contributed by atoms with Gasteiger partial charge in [0.1, 0.15) is 16.5 Å². The third-order valence-electron chi connectivity index (χ3n) is 3.23. The summed E-state index contributed by atoms with van der Waals surface area (Å²) >= 11 is 0. The first-order valence-electron chi connectivity index (χ1n) is 6.28. The molecule has 21 heavy (non-hydrogen) atoms. The molecule has 0 radical (unpaired) electrons. The lowest BCUT2D eigenvalue weighted by Gasteiger charge is -2.26. The van der Waals surface area contributed by atoms with Gasteiger partial charge < -0.3 is 11.1 Å². The summed E-state index contributed by atoms with van der Waals surface area (Å²) in [4.78, 5) is 10.5. The van der Waals surface area contributed by atoms with Gasteiger partial charge in [-0.2, -0.15) is 4.31 Å². The number of carbonyl (C=O) groups is 1. The average Bonchev–Trinajstić information content (AvgIpc) is 2.88. The van der Waals surface area contributed by atoms with Crippen molar-refractivity contribution in [1.29, 1.82) is 0 Å². The van der Waals surface area contributed by atoms with Crippen LogP contribution in [0, 0.1) is 11.6 Å². The number of hydrogen-bond acceptors (Lipinski definition) is 4. The molecular weight excluding hydrogens is 304 g/mol. The second-order valence-corrected chi connectivity index (χ2v) is 6.60. The highest BCUT2D eigenvalue weighted by Gasteiger charge is 2.35. The van der Waals surface area contributed by atoms with Crippen molar-refractivity contribution in [3.63, 3.8) is 0 Å². The minimum absolute atomic E-state index is 0.343. The molecule has 6 nitrogen and oxygen atoms in total. The van der Waals surface area contributed by atoms with Gasteiger partial charge in [-0.3, -0.25) is 4.79 Å². The lowest BCUT2D eigenvalue weighted by molar-refractivity contribution is -0.118. The van der Waals surface area contributed by atoms with Gasteiger partial charge in [0.15, 0.2) is 0 Å². The van der Waals surface area contributed by atoms with Gasteiger partial charge in [0.05, 0.1) is 6.54 Å². The molecule has 0 saturated carbocycles. The molecule has 2 rings (SSSR count). The van der Waals surface area contributed by atoms with Crippen molar-refractivity contribution in [3.8, 4) is 0 Å². The number of nitrogens with zero attached hydrogens (tertiary/aromatic N) is 1. The van der Waals surface area contributed by atoms with E-state index < -0.39 is 45.0 Å². The summed E-state index contributed by atoms with van der Waals surface area (Å²) in [5.41, 5.74) is 5.08. The van der Waals surface area contributed by atoms with Crippen LogP contribution in [0.4, 0.5) is 8.78 Å². The standard InChI is InChI=1S/C12H15F2N3O3S/c13-8-1-2-11(10(14)5-8)21(19,20)17(7-12(15)18)9-3-4-16-6-9/h1-2,5,9,16H,3-4,6-7H2,(H2,15,18). The number of amides is 1. The van der Waals surface area contributed by atoms with Crippen molar-refractivity contribution >= 4 is 15.9 Å². The Labute approximate surface area is 121 Å². The van der Waals surface area contributed by atoms with Gasteiger partial charge >= 0.3 is 0 Å². The third kappa shape index (κ3) is 3.36. The molecule has 1 aliphatic rings. The molecule has 1 amide bonds. The zero-order valence-corrected chi connectivity index (χ0v) is 11.9. The molecule has 1 aromatic rings. The third-order valence-corrected chi connectivity index (χ3v) is 5.17. The molecular formula is C12H15F2N3O3S. The molecule has 1 unspecified atom stereocenters. The molecule has 116 valence electrons. The Bertz CT molecular complexity index is 645. The number of rotatable bonds is 5. The van der Waals surface area contributed by atoms with Crippen LogP contribution < -0.4 is 11.1 Å². The second-order valence-electron chi connectivity index (χ2n) is 4.74. The number of sulfonamides is 1. The van der Waals surface area contributed by atoms with Crippen molar-refractivity contribution in [3.05, 3.63) is 29.8 Å². The second kappa shape index (κ2) is 6.04. The number of primary amides is 1. The van der Waals surface area contributed by atoms with Crippen molar-refractivity contribution in [1.82, 2.24) is 9.62 Å². The molecule has 3 N–H and O–H groups in total. The van der Waals surface area contributed by atoms with Crippen LogP contribution in [-0.4, -0.2) is 44.3 Å². The molecule has 0 aliphatic carbocycles. The van der Waals surface area contributed by atoms with Gasteiger partial charge in [0.25, 0.3) is 0 Å². The van der Waals surface area contributed by atoms with Gasteiger partial charge in [0.2, 0.25) is 15.9 Å². The van der Waals surface area contributed by atoms with E-state index in [0.29, 0.717) is 25.6 Å². The molecule has 1 aromatic carbocycles. The fourth-order valence-electron chi connectivity index (χ4n) is 2.26. The first-order valence-corrected chi connectivity index (χ1v) is 7.72. The minimum Gasteiger partial charge on any atom is -0.369 e. The Hall–Kier alpha value is -1.58. The van der Waals surface area contributed by atoms with Crippen LogP contribution in [-0.2, 0) is 14.8 Å². The Morgan fingerprint density at radius 2 is 2.14 bits per heavy atom. The lowest BCUT2D eigenvalue weighted by Crippen LogP contribution is -2.46. The summed E-state index contributed by atoms with van der Waals surface area (Å²) < 4.78 is 52.6. The van der Waals surface area contributed by atoms with E-state index in [9.17, 15) is 22.0 Å². The first kappa shape index (κ1) is 15.8. The van der Waals surface area contributed by atoms with Gasteiger partial charge in [-0.15, -0.1) is 0 Å². The summed E-state index contributed by atoms with van der Waals surface area (Å²) in [5.74, 6) is -2.92. The van der Waals surface area contributed by atoms with Crippen molar-refractivity contribution in [2.75, 3.05) is 19.6 Å². The SMILES string of the molecule is NC(=O)CN(C1CCNC1)S(=O)(=O)c1ccc(F)cc1F. The Morgan fingerprint density at radius 1 is 1.43 bits per heavy atom. The zero-order chi connectivity index (χ0) is 15.6. The average molecular weight is 319 g/mol. The van der Waals surface area contributed by atoms with Crippen LogP contribution in [0.2, 0.25) is 0 Å². The number of hydrogen-bond donors (Lipinski definition) is 2. The van der Waals surface area contributed by atoms with E-state index >= 15 is 0 Å². The molecule has 0 aromatic heterocycles. The highest BCUT2D eigenvalue weighted by Crippen LogP contribution is 2.23. The molecule has 1 saturated heterocycles. The largest absolute Gasteiger partial charge is 0.369 e. The normalized spacial score (nSPS) is 19.1. The van der Waals surface area contributed by atoms with E-state index in [0.717, 1.165) is 16.4 Å². The quantitative estimate of drug-likeness (QED) is 0.786. The van der Waals surface area contributed by atoms with E-state index in [1.165, 1.54) is 0 Å². The van der Waals surface area contributed by atoms with Gasteiger partial charge in [-0.1, -0.05) is 0 Å². The fraction of sp³-hybridized carbons (Fsp3) is 0.417. The molecule has 1 fully saturated rings. The number of nitrogens with two attached hydrogens (primary N) is 1. The Morgan fingerprint density at radius 3 is 2.67 bits per heavy atom. The van der Waals surface area contributed by atoms with Gasteiger partial charge in [-0.25, -0.2) is 17.2 Å². The minimum atomic E-state index is -4.28. The predicted octanol–water partition coefficient (Wildman–Crippen LogP) is -0.197. The number of carbonyl (C=O) groups excluding carboxylic acids is 1. The molecule has 1 aliphatic heterocycles. The van der Waals surface area contributed by atoms with Crippen molar-refractivity contribution < 1.29 is 22.0 Å². The van der Waals surface area contributed by atoms with Crippen molar-refractivity contribution in [2.24, 2.45) is 5.73 Å². The topological polar surface area (TPSA) is 92.5 Å². The number of nitrogens with one attached hydrogen (secondary N) is 1. The fourth-order valence-corrected chi connectivity index (χ4v) is 3.93. The molecule has 1 atom stereocenters. The van der Waals surface area contributed by atoms with E-state index in [2.05, 4.69) is 5.32 Å². The predicted molar refractivity (Wildman–Crippen MR) is 70.7 cm³/mol. The van der Waals surface area contributed by atoms with Gasteiger partial charge in [-0.05, 0) is 25.1 Å². The maximum atomic E-state index is 13.8. The van der Waals surface area contributed by atoms with E-state index in [1.54, 1.807) is 0 Å². The molecule has 0 bridgehead atoms. The van der Waals surface area contributed by atoms with E-state index in [4.69, 9.17) is 5.73 Å². The summed E-state index contributed by atoms with van der Waals surface area (Å²) in [6, 6.07) is 1.69.